The number of carbonyl (C=O) groups is 1. The third-order valence-corrected chi connectivity index (χ3v) is 3.95. The van der Waals surface area contributed by atoms with E-state index in [1.807, 2.05) is 54.6 Å². The SMILES string of the molecule is COc1ccccc1/C=C(\C#N)C(=O)Oc1ccc(-c2ccccc2)cc1. The van der Waals surface area contributed by atoms with E-state index < -0.39 is 5.97 Å². The van der Waals surface area contributed by atoms with E-state index in [1.165, 1.54) is 13.2 Å². The summed E-state index contributed by atoms with van der Waals surface area (Å²) in [5.41, 5.74) is 2.61. The minimum Gasteiger partial charge on any atom is -0.496 e. The van der Waals surface area contributed by atoms with Crippen molar-refractivity contribution in [2.45, 2.75) is 0 Å². The molecule has 0 aliphatic heterocycles. The second-order valence-electron chi connectivity index (χ2n) is 5.69. The van der Waals surface area contributed by atoms with Gasteiger partial charge in [-0.05, 0) is 35.4 Å². The summed E-state index contributed by atoms with van der Waals surface area (Å²) in [7, 11) is 1.53. The van der Waals surface area contributed by atoms with Crippen molar-refractivity contribution < 1.29 is 14.3 Å². The number of nitriles is 1. The largest absolute Gasteiger partial charge is 0.496 e. The Balaban J connectivity index is 1.77. The van der Waals surface area contributed by atoms with E-state index in [-0.39, 0.29) is 5.57 Å². The first-order valence-electron chi connectivity index (χ1n) is 8.34. The molecule has 27 heavy (non-hydrogen) atoms. The van der Waals surface area contributed by atoms with Crippen LogP contribution in [0.5, 0.6) is 11.5 Å². The minimum absolute atomic E-state index is 0.105. The van der Waals surface area contributed by atoms with Crippen molar-refractivity contribution in [1.82, 2.24) is 0 Å². The van der Waals surface area contributed by atoms with Crippen molar-refractivity contribution in [3.63, 3.8) is 0 Å². The molecule has 0 spiro atoms. The van der Waals surface area contributed by atoms with Gasteiger partial charge in [-0.3, -0.25) is 0 Å². The van der Waals surface area contributed by atoms with Gasteiger partial charge >= 0.3 is 5.97 Å². The molecule has 0 heterocycles. The number of hydrogen-bond acceptors (Lipinski definition) is 4. The standard InChI is InChI=1S/C23H17NO3/c1-26-22-10-6-5-9-19(22)15-20(16-24)23(25)27-21-13-11-18(12-14-21)17-7-3-2-4-8-17/h2-15H,1H3/b20-15+. The first kappa shape index (κ1) is 18.0. The van der Waals surface area contributed by atoms with E-state index in [4.69, 9.17) is 9.47 Å². The molecular weight excluding hydrogens is 338 g/mol. The van der Waals surface area contributed by atoms with Gasteiger partial charge in [0.15, 0.2) is 0 Å². The van der Waals surface area contributed by atoms with Gasteiger partial charge in [0, 0.05) is 5.56 Å². The van der Waals surface area contributed by atoms with Crippen LogP contribution in [-0.2, 0) is 4.79 Å². The molecule has 0 unspecified atom stereocenters. The van der Waals surface area contributed by atoms with E-state index in [9.17, 15) is 10.1 Å². The number of rotatable bonds is 5. The molecule has 0 fully saturated rings. The third kappa shape index (κ3) is 4.42. The maximum Gasteiger partial charge on any atom is 0.354 e. The Morgan fingerprint density at radius 2 is 1.52 bits per heavy atom. The van der Waals surface area contributed by atoms with Crippen LogP contribution in [0.15, 0.2) is 84.4 Å². The average Bonchev–Trinajstić information content (AvgIpc) is 2.73. The number of methoxy groups -OCH3 is 1. The molecule has 132 valence electrons. The van der Waals surface area contributed by atoms with Crippen LogP contribution in [0, 0.1) is 11.3 Å². The Bertz CT molecular complexity index is 1000. The van der Waals surface area contributed by atoms with Gasteiger partial charge in [-0.1, -0.05) is 60.7 Å². The van der Waals surface area contributed by atoms with Gasteiger partial charge in [0.05, 0.1) is 7.11 Å². The van der Waals surface area contributed by atoms with Crippen molar-refractivity contribution in [2.75, 3.05) is 7.11 Å². The van der Waals surface area contributed by atoms with Gasteiger partial charge in [-0.25, -0.2) is 4.79 Å². The van der Waals surface area contributed by atoms with Gasteiger partial charge in [-0.2, -0.15) is 5.26 Å². The first-order valence-corrected chi connectivity index (χ1v) is 8.34. The predicted octanol–water partition coefficient (Wildman–Crippen LogP) is 4.87. The Morgan fingerprint density at radius 3 is 2.19 bits per heavy atom. The van der Waals surface area contributed by atoms with Crippen LogP contribution < -0.4 is 9.47 Å². The molecule has 3 aromatic carbocycles. The Morgan fingerprint density at radius 1 is 0.889 bits per heavy atom. The number of hydrogen-bond donors (Lipinski definition) is 0. The highest BCUT2D eigenvalue weighted by Crippen LogP contribution is 2.24. The molecule has 3 rings (SSSR count). The lowest BCUT2D eigenvalue weighted by molar-refractivity contribution is -0.129. The van der Waals surface area contributed by atoms with Crippen LogP contribution in [0.4, 0.5) is 0 Å². The molecule has 4 nitrogen and oxygen atoms in total. The molecule has 0 aromatic heterocycles. The van der Waals surface area contributed by atoms with E-state index >= 15 is 0 Å². The molecule has 0 bridgehead atoms. The van der Waals surface area contributed by atoms with Gasteiger partial charge in [0.25, 0.3) is 0 Å². The van der Waals surface area contributed by atoms with E-state index in [1.54, 1.807) is 30.3 Å². The lowest BCUT2D eigenvalue weighted by Gasteiger charge is -2.07. The summed E-state index contributed by atoms with van der Waals surface area (Å²) in [5.74, 6) is 0.238. The average molecular weight is 355 g/mol. The highest BCUT2D eigenvalue weighted by molar-refractivity contribution is 5.99. The smallest absolute Gasteiger partial charge is 0.354 e. The summed E-state index contributed by atoms with van der Waals surface area (Å²) in [4.78, 5) is 12.3. The number of carbonyl (C=O) groups excluding carboxylic acids is 1. The molecule has 0 aliphatic carbocycles. The predicted molar refractivity (Wildman–Crippen MR) is 104 cm³/mol. The maximum atomic E-state index is 12.3. The molecule has 0 saturated carbocycles. The first-order chi connectivity index (χ1) is 13.2. The monoisotopic (exact) mass is 355 g/mol. The van der Waals surface area contributed by atoms with Crippen LogP contribution in [0.2, 0.25) is 0 Å². The van der Waals surface area contributed by atoms with Crippen molar-refractivity contribution in [3.05, 3.63) is 90.0 Å². The zero-order chi connectivity index (χ0) is 19.1. The Kier molecular flexibility index (Phi) is 5.66. The quantitative estimate of drug-likeness (QED) is 0.283. The van der Waals surface area contributed by atoms with Gasteiger partial charge < -0.3 is 9.47 Å². The fraction of sp³-hybridized carbons (Fsp3) is 0.0435. The van der Waals surface area contributed by atoms with Crippen LogP contribution >= 0.6 is 0 Å². The lowest BCUT2D eigenvalue weighted by Crippen LogP contribution is -2.10. The molecule has 0 N–H and O–H groups in total. The van der Waals surface area contributed by atoms with Crippen LogP contribution in [-0.4, -0.2) is 13.1 Å². The second-order valence-corrected chi connectivity index (χ2v) is 5.69. The third-order valence-electron chi connectivity index (χ3n) is 3.95. The fourth-order valence-corrected chi connectivity index (χ4v) is 2.59. The lowest BCUT2D eigenvalue weighted by atomic mass is 10.1. The van der Waals surface area contributed by atoms with E-state index in [0.29, 0.717) is 17.1 Å². The number of esters is 1. The van der Waals surface area contributed by atoms with E-state index in [2.05, 4.69) is 0 Å². The van der Waals surface area contributed by atoms with Gasteiger partial charge in [0.1, 0.15) is 23.1 Å². The topological polar surface area (TPSA) is 59.3 Å². The zero-order valence-corrected chi connectivity index (χ0v) is 14.8. The van der Waals surface area contributed by atoms with Crippen LogP contribution in [0.25, 0.3) is 17.2 Å². The Labute approximate surface area is 157 Å². The molecule has 0 saturated heterocycles. The van der Waals surface area contributed by atoms with Crippen molar-refractivity contribution in [2.24, 2.45) is 0 Å². The maximum absolute atomic E-state index is 12.3. The summed E-state index contributed by atoms with van der Waals surface area (Å²) in [6.07, 6.45) is 1.46. The highest BCUT2D eigenvalue weighted by Gasteiger charge is 2.13. The van der Waals surface area contributed by atoms with E-state index in [0.717, 1.165) is 11.1 Å². The molecule has 0 radical (unpaired) electrons. The van der Waals surface area contributed by atoms with Gasteiger partial charge in [-0.15, -0.1) is 0 Å². The van der Waals surface area contributed by atoms with Gasteiger partial charge in [0.2, 0.25) is 0 Å². The molecule has 0 amide bonds. The summed E-state index contributed by atoms with van der Waals surface area (Å²) in [6, 6.07) is 26.1. The highest BCUT2D eigenvalue weighted by atomic mass is 16.5. The molecular formula is C23H17NO3. The summed E-state index contributed by atoms with van der Waals surface area (Å²) >= 11 is 0. The Hall–Kier alpha value is -3.84. The number of ether oxygens (including phenoxy) is 2. The number of para-hydroxylation sites is 1. The van der Waals surface area contributed by atoms with Crippen molar-refractivity contribution in [3.8, 4) is 28.7 Å². The molecule has 0 atom stereocenters. The summed E-state index contributed by atoms with van der Waals surface area (Å²) < 4.78 is 10.6. The fourth-order valence-electron chi connectivity index (χ4n) is 2.59. The number of benzene rings is 3. The van der Waals surface area contributed by atoms with Crippen LogP contribution in [0.1, 0.15) is 5.56 Å². The zero-order valence-electron chi connectivity index (χ0n) is 14.8. The normalized spacial score (nSPS) is 10.7. The summed E-state index contributed by atoms with van der Waals surface area (Å²) in [6.45, 7) is 0. The van der Waals surface area contributed by atoms with Crippen LogP contribution in [0.3, 0.4) is 0 Å². The van der Waals surface area contributed by atoms with Crippen molar-refractivity contribution in [1.29, 1.82) is 5.26 Å². The number of nitrogens with zero attached hydrogens (tertiary/aromatic N) is 1. The molecule has 3 aromatic rings. The molecule has 4 heteroatoms. The second kappa shape index (κ2) is 8.50. The minimum atomic E-state index is -0.712. The van der Waals surface area contributed by atoms with Crippen molar-refractivity contribution >= 4 is 12.0 Å². The summed E-state index contributed by atoms with van der Waals surface area (Å²) in [5, 5.41) is 9.33. The molecule has 0 aliphatic rings.